The van der Waals surface area contributed by atoms with Crippen molar-refractivity contribution in [1.82, 2.24) is 15.0 Å². The van der Waals surface area contributed by atoms with Gasteiger partial charge in [-0.2, -0.15) is 9.90 Å². The Bertz CT molecular complexity index is 483. The Kier molecular flexibility index (Phi) is 2.55. The van der Waals surface area contributed by atoms with Gasteiger partial charge in [0.25, 0.3) is 0 Å². The van der Waals surface area contributed by atoms with Crippen LogP contribution in [0.5, 0.6) is 0 Å². The van der Waals surface area contributed by atoms with E-state index in [4.69, 9.17) is 17.3 Å². The number of benzene rings is 1. The average molecular weight is 227 g/mol. The van der Waals surface area contributed by atoms with Crippen LogP contribution < -0.4 is 5.73 Å². The van der Waals surface area contributed by atoms with Crippen molar-refractivity contribution in [3.8, 4) is 0 Å². The van der Waals surface area contributed by atoms with Gasteiger partial charge in [-0.15, -0.1) is 5.10 Å². The molecule has 0 saturated heterocycles. The first-order valence-corrected chi connectivity index (χ1v) is 4.63. The summed E-state index contributed by atoms with van der Waals surface area (Å²) in [6.07, 6.45) is 1.41. The molecule has 4 nitrogen and oxygen atoms in total. The van der Waals surface area contributed by atoms with Crippen molar-refractivity contribution in [1.29, 1.82) is 0 Å². The van der Waals surface area contributed by atoms with Crippen LogP contribution in [-0.4, -0.2) is 15.0 Å². The number of halogens is 2. The molecule has 1 aromatic heterocycles. The molecule has 1 aromatic carbocycles. The number of nitrogen functional groups attached to an aromatic ring is 1. The lowest BCUT2D eigenvalue weighted by Crippen LogP contribution is -2.06. The average Bonchev–Trinajstić information content (AvgIpc) is 2.59. The number of anilines is 1. The second-order valence-electron chi connectivity index (χ2n) is 3.01. The molecule has 0 amide bonds. The Morgan fingerprint density at radius 1 is 1.47 bits per heavy atom. The summed E-state index contributed by atoms with van der Waals surface area (Å²) in [5, 5.41) is 7.79. The van der Waals surface area contributed by atoms with Crippen molar-refractivity contribution < 1.29 is 4.39 Å². The highest BCUT2D eigenvalue weighted by Gasteiger charge is 2.07. The van der Waals surface area contributed by atoms with Crippen molar-refractivity contribution in [3.05, 3.63) is 40.8 Å². The first-order chi connectivity index (χ1) is 7.16. The van der Waals surface area contributed by atoms with Gasteiger partial charge in [0.05, 0.1) is 17.8 Å². The van der Waals surface area contributed by atoms with Gasteiger partial charge in [-0.05, 0) is 6.07 Å². The highest BCUT2D eigenvalue weighted by molar-refractivity contribution is 6.30. The molecule has 2 rings (SSSR count). The van der Waals surface area contributed by atoms with E-state index in [0.717, 1.165) is 0 Å². The van der Waals surface area contributed by atoms with E-state index in [1.54, 1.807) is 12.1 Å². The number of aromatic nitrogens is 3. The molecule has 0 aliphatic rings. The van der Waals surface area contributed by atoms with E-state index in [9.17, 15) is 4.39 Å². The first-order valence-electron chi connectivity index (χ1n) is 4.25. The summed E-state index contributed by atoms with van der Waals surface area (Å²) in [4.78, 5) is 1.31. The van der Waals surface area contributed by atoms with Crippen molar-refractivity contribution in [2.45, 2.75) is 6.54 Å². The Balaban J connectivity index is 2.28. The Labute approximate surface area is 90.5 Å². The zero-order chi connectivity index (χ0) is 10.8. The fourth-order valence-electron chi connectivity index (χ4n) is 1.21. The van der Waals surface area contributed by atoms with Gasteiger partial charge in [0, 0.05) is 5.56 Å². The molecule has 6 heteroatoms. The van der Waals surface area contributed by atoms with Gasteiger partial charge >= 0.3 is 0 Å². The van der Waals surface area contributed by atoms with Gasteiger partial charge in [0.1, 0.15) is 5.82 Å². The minimum atomic E-state index is -0.449. The smallest absolute Gasteiger partial charge is 0.165 e. The van der Waals surface area contributed by atoms with E-state index in [1.807, 2.05) is 0 Å². The molecule has 0 aliphatic carbocycles. The van der Waals surface area contributed by atoms with Crippen LogP contribution in [0.2, 0.25) is 5.02 Å². The molecule has 0 radical (unpaired) electrons. The van der Waals surface area contributed by atoms with Gasteiger partial charge in [-0.3, -0.25) is 0 Å². The normalized spacial score (nSPS) is 10.5. The molecule has 0 saturated carbocycles. The molecule has 0 bridgehead atoms. The van der Waals surface area contributed by atoms with Gasteiger partial charge in [-0.1, -0.05) is 23.7 Å². The monoisotopic (exact) mass is 226 g/mol. The Morgan fingerprint density at radius 3 is 2.93 bits per heavy atom. The summed E-state index contributed by atoms with van der Waals surface area (Å²) in [6.45, 7) is 0.212. The number of rotatable bonds is 2. The molecule has 0 fully saturated rings. The van der Waals surface area contributed by atoms with E-state index in [-0.39, 0.29) is 11.6 Å². The summed E-state index contributed by atoms with van der Waals surface area (Å²) in [6, 6.07) is 4.79. The van der Waals surface area contributed by atoms with Crippen LogP contribution >= 0.6 is 11.6 Å². The standard InChI is InChI=1S/C9H8ClFN4/c10-7-3-1-2-6(9(7)11)5-15-13-4-8(12)14-15/h1-4H,5H2,(H2,12,14). The van der Waals surface area contributed by atoms with Crippen LogP contribution in [0, 0.1) is 5.82 Å². The zero-order valence-electron chi connectivity index (χ0n) is 7.69. The predicted octanol–water partition coefficient (Wildman–Crippen LogP) is 1.70. The summed E-state index contributed by atoms with van der Waals surface area (Å²) < 4.78 is 13.5. The van der Waals surface area contributed by atoms with Crippen molar-refractivity contribution in [2.24, 2.45) is 0 Å². The summed E-state index contributed by atoms with van der Waals surface area (Å²) >= 11 is 5.64. The van der Waals surface area contributed by atoms with Crippen molar-refractivity contribution in [2.75, 3.05) is 5.73 Å². The van der Waals surface area contributed by atoms with E-state index >= 15 is 0 Å². The summed E-state index contributed by atoms with van der Waals surface area (Å²) in [7, 11) is 0. The van der Waals surface area contributed by atoms with Crippen LogP contribution in [0.25, 0.3) is 0 Å². The van der Waals surface area contributed by atoms with Gasteiger partial charge in [-0.25, -0.2) is 4.39 Å². The highest BCUT2D eigenvalue weighted by Crippen LogP contribution is 2.18. The molecule has 0 unspecified atom stereocenters. The van der Waals surface area contributed by atoms with Crippen molar-refractivity contribution in [3.63, 3.8) is 0 Å². The van der Waals surface area contributed by atoms with Crippen LogP contribution in [0.15, 0.2) is 24.4 Å². The largest absolute Gasteiger partial charge is 0.381 e. The van der Waals surface area contributed by atoms with Crippen LogP contribution in [-0.2, 0) is 6.54 Å². The Hall–Kier alpha value is -1.62. The minimum Gasteiger partial charge on any atom is -0.381 e. The molecule has 2 N–H and O–H groups in total. The maximum absolute atomic E-state index is 13.5. The summed E-state index contributed by atoms with van der Waals surface area (Å²) in [5.41, 5.74) is 5.81. The Morgan fingerprint density at radius 2 is 2.27 bits per heavy atom. The van der Waals surface area contributed by atoms with Gasteiger partial charge in [0.15, 0.2) is 5.82 Å². The molecule has 0 atom stereocenters. The zero-order valence-corrected chi connectivity index (χ0v) is 8.45. The lowest BCUT2D eigenvalue weighted by atomic mass is 10.2. The van der Waals surface area contributed by atoms with Crippen LogP contribution in [0.1, 0.15) is 5.56 Å². The second-order valence-corrected chi connectivity index (χ2v) is 3.42. The lowest BCUT2D eigenvalue weighted by Gasteiger charge is -2.03. The van der Waals surface area contributed by atoms with E-state index in [0.29, 0.717) is 11.4 Å². The third-order valence-corrected chi connectivity index (χ3v) is 2.19. The number of nitrogens with two attached hydrogens (primary N) is 1. The third kappa shape index (κ3) is 2.07. The van der Waals surface area contributed by atoms with Crippen molar-refractivity contribution >= 4 is 17.4 Å². The highest BCUT2D eigenvalue weighted by atomic mass is 35.5. The van der Waals surface area contributed by atoms with Gasteiger partial charge < -0.3 is 5.73 Å². The molecule has 15 heavy (non-hydrogen) atoms. The van der Waals surface area contributed by atoms with Crippen LogP contribution in [0.3, 0.4) is 0 Å². The molecule has 0 spiro atoms. The SMILES string of the molecule is Nc1cnn(Cc2cccc(Cl)c2F)n1. The lowest BCUT2D eigenvalue weighted by molar-refractivity contribution is 0.550. The topological polar surface area (TPSA) is 56.7 Å². The van der Waals surface area contributed by atoms with Crippen LogP contribution in [0.4, 0.5) is 10.2 Å². The maximum Gasteiger partial charge on any atom is 0.165 e. The van der Waals surface area contributed by atoms with E-state index < -0.39 is 5.82 Å². The maximum atomic E-state index is 13.5. The quantitative estimate of drug-likeness (QED) is 0.848. The fourth-order valence-corrected chi connectivity index (χ4v) is 1.40. The predicted molar refractivity (Wildman–Crippen MR) is 54.9 cm³/mol. The molecule has 2 aromatic rings. The minimum absolute atomic E-state index is 0.0904. The second kappa shape index (κ2) is 3.86. The molecule has 78 valence electrons. The first kappa shape index (κ1) is 9.92. The molecule has 0 aliphatic heterocycles. The number of hydrogen-bond donors (Lipinski definition) is 1. The summed E-state index contributed by atoms with van der Waals surface area (Å²) in [5.74, 6) is -0.146. The fraction of sp³-hybridized carbons (Fsp3) is 0.111. The van der Waals surface area contributed by atoms with E-state index in [2.05, 4.69) is 10.2 Å². The van der Waals surface area contributed by atoms with E-state index in [1.165, 1.54) is 17.1 Å². The third-order valence-electron chi connectivity index (χ3n) is 1.90. The van der Waals surface area contributed by atoms with Gasteiger partial charge in [0.2, 0.25) is 0 Å². The molecular weight excluding hydrogens is 219 g/mol. The molecule has 1 heterocycles. The number of nitrogens with zero attached hydrogens (tertiary/aromatic N) is 3. The molecular formula is C9H8ClFN4. The number of hydrogen-bond acceptors (Lipinski definition) is 3.